The molecule has 1 aromatic carbocycles. The molecule has 1 saturated heterocycles. The Balaban J connectivity index is 1.65. The van der Waals surface area contributed by atoms with Gasteiger partial charge in [-0.15, -0.1) is 0 Å². The summed E-state index contributed by atoms with van der Waals surface area (Å²) in [5, 5.41) is 2.82. The summed E-state index contributed by atoms with van der Waals surface area (Å²) >= 11 is 3.42. The van der Waals surface area contributed by atoms with E-state index in [1.165, 1.54) is 0 Å². The third-order valence-electron chi connectivity index (χ3n) is 3.96. The van der Waals surface area contributed by atoms with E-state index in [1.807, 2.05) is 25.1 Å². The van der Waals surface area contributed by atoms with Gasteiger partial charge in [-0.05, 0) is 42.8 Å². The number of hydrogen-bond acceptors (Lipinski definition) is 3. The molecule has 6 heteroatoms. The maximum Gasteiger partial charge on any atom is 0.227 e. The van der Waals surface area contributed by atoms with Crippen LogP contribution in [0.3, 0.4) is 0 Å². The van der Waals surface area contributed by atoms with Crippen molar-refractivity contribution >= 4 is 33.4 Å². The summed E-state index contributed by atoms with van der Waals surface area (Å²) < 4.78 is 6.16. The second-order valence-electron chi connectivity index (χ2n) is 5.63. The van der Waals surface area contributed by atoms with Gasteiger partial charge >= 0.3 is 0 Å². The van der Waals surface area contributed by atoms with Crippen molar-refractivity contribution < 1.29 is 14.0 Å². The number of rotatable bonds is 4. The van der Waals surface area contributed by atoms with Crippen LogP contribution in [0.4, 0.5) is 5.69 Å². The molecule has 23 heavy (non-hydrogen) atoms. The van der Waals surface area contributed by atoms with Gasteiger partial charge in [0.05, 0.1) is 18.7 Å². The first-order valence-corrected chi connectivity index (χ1v) is 8.20. The molecular formula is C17H17BrN2O3. The molecule has 1 atom stereocenters. The molecule has 2 aromatic rings. The molecule has 120 valence electrons. The van der Waals surface area contributed by atoms with Crippen molar-refractivity contribution in [2.45, 2.75) is 19.9 Å². The molecule has 1 N–H and O–H groups in total. The second-order valence-corrected chi connectivity index (χ2v) is 6.55. The number of hydrogen-bond donors (Lipinski definition) is 1. The quantitative estimate of drug-likeness (QED) is 0.891. The molecule has 1 aromatic heterocycles. The van der Waals surface area contributed by atoms with E-state index >= 15 is 0 Å². The monoisotopic (exact) mass is 376 g/mol. The molecule has 1 unspecified atom stereocenters. The van der Waals surface area contributed by atoms with Crippen molar-refractivity contribution in [3.63, 3.8) is 0 Å². The highest BCUT2D eigenvalue weighted by atomic mass is 79.9. The standard InChI is InChI=1S/C17H17BrN2O3/c1-11-7-13(18)4-5-15(11)20-10-12(8-16(20)21)17(22)19-9-14-3-2-6-23-14/h2-7,12H,8-10H2,1H3,(H,19,22). The first-order chi connectivity index (χ1) is 11.0. The number of amides is 2. The molecule has 0 spiro atoms. The molecule has 3 rings (SSSR count). The van der Waals surface area contributed by atoms with Crippen LogP contribution < -0.4 is 10.2 Å². The van der Waals surface area contributed by atoms with Crippen LogP contribution in [-0.2, 0) is 16.1 Å². The van der Waals surface area contributed by atoms with Crippen molar-refractivity contribution in [2.75, 3.05) is 11.4 Å². The van der Waals surface area contributed by atoms with Gasteiger partial charge in [0, 0.05) is 23.1 Å². The van der Waals surface area contributed by atoms with Crippen LogP contribution in [0.1, 0.15) is 17.7 Å². The summed E-state index contributed by atoms with van der Waals surface area (Å²) in [6.07, 6.45) is 1.80. The van der Waals surface area contributed by atoms with Gasteiger partial charge in [0.25, 0.3) is 0 Å². The maximum absolute atomic E-state index is 12.3. The molecule has 1 aliphatic heterocycles. The third kappa shape index (κ3) is 3.47. The number of carbonyl (C=O) groups is 2. The lowest BCUT2D eigenvalue weighted by atomic mass is 10.1. The number of nitrogens with one attached hydrogen (secondary N) is 1. The Morgan fingerprint density at radius 1 is 1.43 bits per heavy atom. The van der Waals surface area contributed by atoms with Crippen LogP contribution in [0, 0.1) is 12.8 Å². The minimum absolute atomic E-state index is 0.0198. The van der Waals surface area contributed by atoms with E-state index in [0.717, 1.165) is 15.7 Å². The van der Waals surface area contributed by atoms with Crippen molar-refractivity contribution in [1.82, 2.24) is 5.32 Å². The summed E-state index contributed by atoms with van der Waals surface area (Å²) in [5.74, 6) is 0.226. The normalized spacial score (nSPS) is 17.6. The van der Waals surface area contributed by atoms with E-state index < -0.39 is 0 Å². The topological polar surface area (TPSA) is 62.6 Å². The summed E-state index contributed by atoms with van der Waals surface area (Å²) in [6.45, 7) is 2.71. The Labute approximate surface area is 142 Å². The van der Waals surface area contributed by atoms with Crippen LogP contribution in [0.15, 0.2) is 45.5 Å². The fourth-order valence-electron chi connectivity index (χ4n) is 2.77. The van der Waals surface area contributed by atoms with Gasteiger partial charge in [-0.1, -0.05) is 15.9 Å². The summed E-state index contributed by atoms with van der Waals surface area (Å²) in [7, 11) is 0. The fourth-order valence-corrected chi connectivity index (χ4v) is 3.25. The smallest absolute Gasteiger partial charge is 0.227 e. The molecule has 1 fully saturated rings. The number of halogens is 1. The SMILES string of the molecule is Cc1cc(Br)ccc1N1CC(C(=O)NCc2ccco2)CC1=O. The summed E-state index contributed by atoms with van der Waals surface area (Å²) in [4.78, 5) is 26.2. The Morgan fingerprint density at radius 3 is 2.96 bits per heavy atom. The van der Waals surface area contributed by atoms with Crippen molar-refractivity contribution in [3.8, 4) is 0 Å². The minimum atomic E-state index is -0.333. The van der Waals surface area contributed by atoms with Crippen LogP contribution >= 0.6 is 15.9 Å². The number of furan rings is 1. The van der Waals surface area contributed by atoms with Crippen LogP contribution in [0.25, 0.3) is 0 Å². The molecule has 0 bridgehead atoms. The molecule has 1 aliphatic rings. The highest BCUT2D eigenvalue weighted by Gasteiger charge is 2.35. The molecule has 0 aliphatic carbocycles. The van der Waals surface area contributed by atoms with Crippen LogP contribution in [0.2, 0.25) is 0 Å². The van der Waals surface area contributed by atoms with Crippen LogP contribution in [-0.4, -0.2) is 18.4 Å². The largest absolute Gasteiger partial charge is 0.467 e. The number of nitrogens with zero attached hydrogens (tertiary/aromatic N) is 1. The zero-order valence-electron chi connectivity index (χ0n) is 12.7. The van der Waals surface area contributed by atoms with Gasteiger partial charge in [-0.2, -0.15) is 0 Å². The van der Waals surface area contributed by atoms with E-state index in [9.17, 15) is 9.59 Å². The number of anilines is 1. The Morgan fingerprint density at radius 2 is 2.26 bits per heavy atom. The number of aryl methyl sites for hydroxylation is 1. The molecule has 0 radical (unpaired) electrons. The minimum Gasteiger partial charge on any atom is -0.467 e. The van der Waals surface area contributed by atoms with Gasteiger partial charge in [0.1, 0.15) is 5.76 Å². The van der Waals surface area contributed by atoms with E-state index in [1.54, 1.807) is 23.3 Å². The highest BCUT2D eigenvalue weighted by molar-refractivity contribution is 9.10. The average molecular weight is 377 g/mol. The molecule has 2 heterocycles. The first-order valence-electron chi connectivity index (χ1n) is 7.41. The van der Waals surface area contributed by atoms with Gasteiger partial charge < -0.3 is 14.6 Å². The van der Waals surface area contributed by atoms with Gasteiger partial charge in [0.15, 0.2) is 0 Å². The van der Waals surface area contributed by atoms with Gasteiger partial charge in [-0.3, -0.25) is 9.59 Å². The average Bonchev–Trinajstić information content (AvgIpc) is 3.15. The number of benzene rings is 1. The van der Waals surface area contributed by atoms with Crippen molar-refractivity contribution in [2.24, 2.45) is 5.92 Å². The highest BCUT2D eigenvalue weighted by Crippen LogP contribution is 2.29. The summed E-state index contributed by atoms with van der Waals surface area (Å²) in [5.41, 5.74) is 1.86. The van der Waals surface area contributed by atoms with Gasteiger partial charge in [0.2, 0.25) is 11.8 Å². The predicted octanol–water partition coefficient (Wildman–Crippen LogP) is 3.02. The molecule has 0 saturated carbocycles. The second kappa shape index (κ2) is 6.58. The van der Waals surface area contributed by atoms with Crippen molar-refractivity contribution in [3.05, 3.63) is 52.4 Å². The number of carbonyl (C=O) groups excluding carboxylic acids is 2. The Bertz CT molecular complexity index is 727. The third-order valence-corrected chi connectivity index (χ3v) is 4.46. The van der Waals surface area contributed by atoms with E-state index in [2.05, 4.69) is 21.2 Å². The Kier molecular flexibility index (Phi) is 4.52. The molecule has 5 nitrogen and oxygen atoms in total. The lowest BCUT2D eigenvalue weighted by Crippen LogP contribution is -2.32. The van der Waals surface area contributed by atoms with E-state index in [-0.39, 0.29) is 24.2 Å². The van der Waals surface area contributed by atoms with E-state index in [4.69, 9.17) is 4.42 Å². The van der Waals surface area contributed by atoms with Gasteiger partial charge in [-0.25, -0.2) is 0 Å². The Hall–Kier alpha value is -2.08. The molecule has 2 amide bonds. The zero-order valence-corrected chi connectivity index (χ0v) is 14.3. The lowest BCUT2D eigenvalue weighted by molar-refractivity contribution is -0.126. The lowest BCUT2D eigenvalue weighted by Gasteiger charge is -2.19. The van der Waals surface area contributed by atoms with Crippen molar-refractivity contribution in [1.29, 1.82) is 0 Å². The molecular weight excluding hydrogens is 360 g/mol. The predicted molar refractivity (Wildman–Crippen MR) is 89.9 cm³/mol. The maximum atomic E-state index is 12.3. The summed E-state index contributed by atoms with van der Waals surface area (Å²) in [6, 6.07) is 9.35. The fraction of sp³-hybridized carbons (Fsp3) is 0.294. The first kappa shape index (κ1) is 15.8. The van der Waals surface area contributed by atoms with Crippen LogP contribution in [0.5, 0.6) is 0 Å². The van der Waals surface area contributed by atoms with E-state index in [0.29, 0.717) is 18.8 Å². The zero-order chi connectivity index (χ0) is 16.4.